The highest BCUT2D eigenvalue weighted by Crippen LogP contribution is 2.35. The number of carbonyl (C=O) groups excluding carboxylic acids is 1. The zero-order chi connectivity index (χ0) is 25.3. The van der Waals surface area contributed by atoms with E-state index in [0.29, 0.717) is 32.4 Å². The second-order valence-electron chi connectivity index (χ2n) is 8.97. The van der Waals surface area contributed by atoms with Gasteiger partial charge >= 0.3 is 12.1 Å². The summed E-state index contributed by atoms with van der Waals surface area (Å²) in [6, 6.07) is 3.93. The van der Waals surface area contributed by atoms with Crippen LogP contribution < -0.4 is 0 Å². The minimum atomic E-state index is -4.67. The molecule has 1 aromatic heterocycles. The van der Waals surface area contributed by atoms with Crippen LogP contribution in [0.2, 0.25) is 5.02 Å². The molecule has 3 heterocycles. The van der Waals surface area contributed by atoms with Crippen LogP contribution in [0.25, 0.3) is 0 Å². The standard InChI is InChI=1S/C23H25ClF4N4O3/c24-16-4-3-15(18(25)10-16)11-32-19-12-31(9-6-17(19)21(29-32)23(26,27)28)20(33)13-30-7-1-2-14(5-8-30)22(34)35/h3-4,10,14H,1-2,5-9,11-13H2,(H,34,35). The van der Waals surface area contributed by atoms with Crippen molar-refractivity contribution in [3.8, 4) is 0 Å². The van der Waals surface area contributed by atoms with Crippen molar-refractivity contribution >= 4 is 23.5 Å². The van der Waals surface area contributed by atoms with E-state index in [-0.39, 0.29) is 60.4 Å². The molecule has 1 aromatic carbocycles. The number of halogens is 5. The lowest BCUT2D eigenvalue weighted by atomic mass is 10.0. The van der Waals surface area contributed by atoms with Crippen molar-refractivity contribution in [3.63, 3.8) is 0 Å². The van der Waals surface area contributed by atoms with Crippen LogP contribution in [0.1, 0.15) is 41.8 Å². The van der Waals surface area contributed by atoms with Gasteiger partial charge in [0.15, 0.2) is 5.69 Å². The summed E-state index contributed by atoms with van der Waals surface area (Å²) in [6.45, 7) is 0.924. The zero-order valence-corrected chi connectivity index (χ0v) is 19.6. The first-order chi connectivity index (χ1) is 16.5. The molecule has 2 aliphatic rings. The number of alkyl halides is 3. The Balaban J connectivity index is 1.52. The molecule has 1 atom stereocenters. The number of hydrogen-bond acceptors (Lipinski definition) is 4. The minimum Gasteiger partial charge on any atom is -0.481 e. The van der Waals surface area contributed by atoms with Gasteiger partial charge in [-0.1, -0.05) is 17.7 Å². The number of aromatic nitrogens is 2. The molecule has 4 rings (SSSR count). The lowest BCUT2D eigenvalue weighted by Crippen LogP contribution is -2.43. The molecule has 1 N–H and O–H groups in total. The first-order valence-electron chi connectivity index (χ1n) is 11.4. The van der Waals surface area contributed by atoms with Crippen LogP contribution in [0, 0.1) is 11.7 Å². The van der Waals surface area contributed by atoms with E-state index in [2.05, 4.69) is 5.10 Å². The Morgan fingerprint density at radius 2 is 1.94 bits per heavy atom. The predicted octanol–water partition coefficient (Wildman–Crippen LogP) is 3.81. The molecule has 0 radical (unpaired) electrons. The Kier molecular flexibility index (Phi) is 7.37. The zero-order valence-electron chi connectivity index (χ0n) is 18.8. The molecule has 35 heavy (non-hydrogen) atoms. The highest BCUT2D eigenvalue weighted by Gasteiger charge is 2.41. The topological polar surface area (TPSA) is 78.7 Å². The average molecular weight is 517 g/mol. The van der Waals surface area contributed by atoms with Gasteiger partial charge in [0.2, 0.25) is 5.91 Å². The van der Waals surface area contributed by atoms with Crippen molar-refractivity contribution in [1.82, 2.24) is 19.6 Å². The molecule has 1 amide bonds. The van der Waals surface area contributed by atoms with E-state index in [0.717, 1.165) is 10.7 Å². The number of fused-ring (bicyclic) bond motifs is 1. The van der Waals surface area contributed by atoms with Crippen LogP contribution in [0.5, 0.6) is 0 Å². The molecular weight excluding hydrogens is 492 g/mol. The number of hydrogen-bond donors (Lipinski definition) is 1. The summed E-state index contributed by atoms with van der Waals surface area (Å²) in [7, 11) is 0. The van der Waals surface area contributed by atoms with Crippen LogP contribution >= 0.6 is 11.6 Å². The van der Waals surface area contributed by atoms with E-state index < -0.39 is 29.6 Å². The summed E-state index contributed by atoms with van der Waals surface area (Å²) >= 11 is 5.78. The van der Waals surface area contributed by atoms with Gasteiger partial charge < -0.3 is 10.0 Å². The number of nitrogens with zero attached hydrogens (tertiary/aromatic N) is 4. The fourth-order valence-corrected chi connectivity index (χ4v) is 4.87. The molecule has 1 saturated heterocycles. The third-order valence-electron chi connectivity index (χ3n) is 6.62. The fourth-order valence-electron chi connectivity index (χ4n) is 4.72. The van der Waals surface area contributed by atoms with Crippen molar-refractivity contribution in [2.75, 3.05) is 26.2 Å². The summed E-state index contributed by atoms with van der Waals surface area (Å²) in [5, 5.41) is 13.2. The number of carboxylic acids is 1. The summed E-state index contributed by atoms with van der Waals surface area (Å²) in [6.07, 6.45) is -3.04. The van der Waals surface area contributed by atoms with Gasteiger partial charge in [-0.05, 0) is 50.9 Å². The highest BCUT2D eigenvalue weighted by atomic mass is 35.5. The molecule has 0 bridgehead atoms. The molecule has 1 unspecified atom stereocenters. The van der Waals surface area contributed by atoms with Crippen molar-refractivity contribution in [2.24, 2.45) is 5.92 Å². The fraction of sp³-hybridized carbons (Fsp3) is 0.522. The predicted molar refractivity (Wildman–Crippen MR) is 118 cm³/mol. The van der Waals surface area contributed by atoms with Gasteiger partial charge in [-0.15, -0.1) is 0 Å². The number of carboxylic acid groups (broad SMARTS) is 1. The molecule has 0 spiro atoms. The van der Waals surface area contributed by atoms with E-state index in [1.165, 1.54) is 17.0 Å². The first-order valence-corrected chi connectivity index (χ1v) is 11.7. The number of benzene rings is 1. The second kappa shape index (κ2) is 10.1. The molecule has 0 saturated carbocycles. The Morgan fingerprint density at radius 3 is 2.63 bits per heavy atom. The summed E-state index contributed by atoms with van der Waals surface area (Å²) in [4.78, 5) is 27.6. The van der Waals surface area contributed by atoms with E-state index in [1.807, 2.05) is 4.90 Å². The Bertz CT molecular complexity index is 1120. The second-order valence-corrected chi connectivity index (χ2v) is 9.41. The molecule has 2 aromatic rings. The lowest BCUT2D eigenvalue weighted by molar-refractivity contribution is -0.143. The Hall–Kier alpha value is -2.66. The van der Waals surface area contributed by atoms with Crippen molar-refractivity contribution in [3.05, 3.63) is 51.6 Å². The number of amides is 1. The van der Waals surface area contributed by atoms with Gasteiger partial charge in [-0.2, -0.15) is 18.3 Å². The van der Waals surface area contributed by atoms with Crippen LogP contribution in [0.4, 0.5) is 17.6 Å². The van der Waals surface area contributed by atoms with Crippen LogP contribution in [-0.4, -0.2) is 62.7 Å². The number of aliphatic carboxylic acids is 1. The SMILES string of the molecule is O=C(O)C1CCCN(CC(=O)N2CCc3c(C(F)(F)F)nn(Cc4ccc(Cl)cc4F)c3C2)CC1. The van der Waals surface area contributed by atoms with E-state index in [4.69, 9.17) is 11.6 Å². The Labute approximate surface area is 204 Å². The van der Waals surface area contributed by atoms with Crippen LogP contribution in [0.3, 0.4) is 0 Å². The van der Waals surface area contributed by atoms with Crippen LogP contribution in [-0.2, 0) is 35.3 Å². The lowest BCUT2D eigenvalue weighted by Gasteiger charge is -2.30. The van der Waals surface area contributed by atoms with E-state index in [9.17, 15) is 32.3 Å². The Morgan fingerprint density at radius 1 is 1.17 bits per heavy atom. The van der Waals surface area contributed by atoms with E-state index in [1.54, 1.807) is 0 Å². The first kappa shape index (κ1) is 25.4. The summed E-state index contributed by atoms with van der Waals surface area (Å²) < 4.78 is 56.4. The summed E-state index contributed by atoms with van der Waals surface area (Å²) in [5.74, 6) is -2.17. The maximum absolute atomic E-state index is 14.3. The minimum absolute atomic E-state index is 0.0138. The largest absolute Gasteiger partial charge is 0.481 e. The van der Waals surface area contributed by atoms with Gasteiger partial charge in [-0.3, -0.25) is 19.2 Å². The van der Waals surface area contributed by atoms with Gasteiger partial charge in [0.05, 0.1) is 31.2 Å². The maximum atomic E-state index is 14.3. The van der Waals surface area contributed by atoms with Gasteiger partial charge in [0.25, 0.3) is 0 Å². The van der Waals surface area contributed by atoms with Crippen LogP contribution in [0.15, 0.2) is 18.2 Å². The molecule has 1 fully saturated rings. The monoisotopic (exact) mass is 516 g/mol. The van der Waals surface area contributed by atoms with Crippen molar-refractivity contribution in [2.45, 2.75) is 44.9 Å². The van der Waals surface area contributed by atoms with Crippen molar-refractivity contribution in [1.29, 1.82) is 0 Å². The molecule has 12 heteroatoms. The van der Waals surface area contributed by atoms with Gasteiger partial charge in [-0.25, -0.2) is 4.39 Å². The third kappa shape index (κ3) is 5.78. The number of carbonyl (C=O) groups is 2. The maximum Gasteiger partial charge on any atom is 0.435 e. The summed E-state index contributed by atoms with van der Waals surface area (Å²) in [5.41, 5.74) is -0.626. The highest BCUT2D eigenvalue weighted by molar-refractivity contribution is 6.30. The number of rotatable bonds is 5. The molecule has 0 aliphatic carbocycles. The molecule has 190 valence electrons. The van der Waals surface area contributed by atoms with E-state index >= 15 is 0 Å². The quantitative estimate of drug-likeness (QED) is 0.611. The molecule has 7 nitrogen and oxygen atoms in total. The molecular formula is C23H25ClF4N4O3. The van der Waals surface area contributed by atoms with Gasteiger partial charge in [0.1, 0.15) is 5.82 Å². The smallest absolute Gasteiger partial charge is 0.435 e. The third-order valence-corrected chi connectivity index (χ3v) is 6.86. The van der Waals surface area contributed by atoms with Crippen molar-refractivity contribution < 1.29 is 32.3 Å². The normalized spacial score (nSPS) is 19.3. The molecule has 2 aliphatic heterocycles. The average Bonchev–Trinajstić information content (AvgIpc) is 2.98. The van der Waals surface area contributed by atoms with Gasteiger partial charge in [0, 0.05) is 22.7 Å². The number of likely N-dealkylation sites (tertiary alicyclic amines) is 1.